The molecule has 0 aliphatic carbocycles. The second-order valence-electron chi connectivity index (χ2n) is 5.96. The number of benzene rings is 2. The van der Waals surface area contributed by atoms with Crippen molar-refractivity contribution in [1.82, 2.24) is 24.9 Å². The van der Waals surface area contributed by atoms with Gasteiger partial charge in [-0.15, -0.1) is 10.2 Å². The summed E-state index contributed by atoms with van der Waals surface area (Å²) in [6.07, 6.45) is 0. The Labute approximate surface area is 165 Å². The highest BCUT2D eigenvalue weighted by Crippen LogP contribution is 2.31. The lowest BCUT2D eigenvalue weighted by Crippen LogP contribution is -2.02. The molecule has 0 saturated carbocycles. The topological polar surface area (TPSA) is 69.6 Å². The van der Waals surface area contributed by atoms with E-state index in [1.165, 1.54) is 11.8 Å². The number of thioether (sulfide) groups is 1. The molecule has 27 heavy (non-hydrogen) atoms. The molecule has 0 radical (unpaired) electrons. The fraction of sp³-hybridized carbons (Fsp3) is 0.158. The lowest BCUT2D eigenvalue weighted by Gasteiger charge is -2.12. The van der Waals surface area contributed by atoms with E-state index >= 15 is 0 Å². The Balaban J connectivity index is 1.77. The zero-order valence-corrected chi connectivity index (χ0v) is 16.3. The summed E-state index contributed by atoms with van der Waals surface area (Å²) in [6.45, 7) is 3.86. The maximum Gasteiger partial charge on any atom is 0.237 e. The predicted octanol–water partition coefficient (Wildman–Crippen LogP) is 4.88. The van der Waals surface area contributed by atoms with Crippen LogP contribution in [-0.4, -0.2) is 24.9 Å². The second kappa shape index (κ2) is 7.54. The van der Waals surface area contributed by atoms with Gasteiger partial charge in [-0.05, 0) is 49.7 Å². The van der Waals surface area contributed by atoms with Gasteiger partial charge in [-0.2, -0.15) is 4.98 Å². The number of nitrogens with zero attached hydrogens (tertiary/aromatic N) is 5. The Morgan fingerprint density at radius 1 is 1.04 bits per heavy atom. The summed E-state index contributed by atoms with van der Waals surface area (Å²) >= 11 is 7.54. The number of hydrogen-bond acceptors (Lipinski definition) is 6. The van der Waals surface area contributed by atoms with Gasteiger partial charge in [-0.1, -0.05) is 46.7 Å². The van der Waals surface area contributed by atoms with Crippen molar-refractivity contribution in [1.29, 1.82) is 0 Å². The summed E-state index contributed by atoms with van der Waals surface area (Å²) in [6, 6.07) is 15.7. The number of halogens is 1. The molecule has 0 aliphatic heterocycles. The maximum atomic E-state index is 6.04. The molecule has 2 heterocycles. The van der Waals surface area contributed by atoms with Crippen LogP contribution < -0.4 is 0 Å². The highest BCUT2D eigenvalue weighted by Gasteiger charge is 2.18. The van der Waals surface area contributed by atoms with Crippen LogP contribution in [0.4, 0.5) is 0 Å². The predicted molar refractivity (Wildman–Crippen MR) is 105 cm³/mol. The maximum absolute atomic E-state index is 6.04. The van der Waals surface area contributed by atoms with E-state index in [-0.39, 0.29) is 0 Å². The molecule has 4 rings (SSSR count). The monoisotopic (exact) mass is 397 g/mol. The first-order valence-corrected chi connectivity index (χ1v) is 9.67. The van der Waals surface area contributed by atoms with Gasteiger partial charge in [-0.3, -0.25) is 4.57 Å². The molecule has 8 heteroatoms. The van der Waals surface area contributed by atoms with E-state index in [1.807, 2.05) is 41.0 Å². The highest BCUT2D eigenvalue weighted by molar-refractivity contribution is 7.98. The van der Waals surface area contributed by atoms with Crippen molar-refractivity contribution in [2.24, 2.45) is 0 Å². The standard InChI is InChI=1S/C19H16ClN5OS/c1-12-5-3-4-6-16(12)25-18(14-7-9-15(20)10-8-14)22-23-19(25)27-11-17-21-13(2)24-26-17/h3-10H,11H2,1-2H3. The minimum atomic E-state index is 0.519. The fourth-order valence-electron chi connectivity index (χ4n) is 2.71. The van der Waals surface area contributed by atoms with Crippen LogP contribution >= 0.6 is 23.4 Å². The second-order valence-corrected chi connectivity index (χ2v) is 7.34. The van der Waals surface area contributed by atoms with Crippen LogP contribution in [0.25, 0.3) is 17.1 Å². The molecule has 0 fully saturated rings. The Hall–Kier alpha value is -2.64. The van der Waals surface area contributed by atoms with E-state index in [1.54, 1.807) is 6.92 Å². The lowest BCUT2D eigenvalue weighted by atomic mass is 10.1. The van der Waals surface area contributed by atoms with E-state index < -0.39 is 0 Å². The molecular weight excluding hydrogens is 382 g/mol. The molecule has 0 atom stereocenters. The largest absolute Gasteiger partial charge is 0.338 e. The minimum absolute atomic E-state index is 0.519. The Morgan fingerprint density at radius 2 is 1.81 bits per heavy atom. The van der Waals surface area contributed by atoms with Crippen LogP contribution in [0.1, 0.15) is 17.3 Å². The van der Waals surface area contributed by atoms with E-state index in [2.05, 4.69) is 39.4 Å². The van der Waals surface area contributed by atoms with Gasteiger partial charge in [0.25, 0.3) is 0 Å². The first-order chi connectivity index (χ1) is 13.1. The first-order valence-electron chi connectivity index (χ1n) is 8.31. The molecule has 0 amide bonds. The van der Waals surface area contributed by atoms with E-state index in [9.17, 15) is 0 Å². The summed E-state index contributed by atoms with van der Waals surface area (Å²) in [4.78, 5) is 4.25. The van der Waals surface area contributed by atoms with Gasteiger partial charge < -0.3 is 4.52 Å². The van der Waals surface area contributed by atoms with Gasteiger partial charge in [0.2, 0.25) is 5.89 Å². The van der Waals surface area contributed by atoms with Crippen LogP contribution in [-0.2, 0) is 5.75 Å². The van der Waals surface area contributed by atoms with Gasteiger partial charge in [0.05, 0.1) is 11.4 Å². The quantitative estimate of drug-likeness (QED) is 0.447. The van der Waals surface area contributed by atoms with Crippen LogP contribution in [0, 0.1) is 13.8 Å². The number of rotatable bonds is 5. The highest BCUT2D eigenvalue weighted by atomic mass is 35.5. The fourth-order valence-corrected chi connectivity index (χ4v) is 3.61. The minimum Gasteiger partial charge on any atom is -0.338 e. The van der Waals surface area contributed by atoms with E-state index in [0.29, 0.717) is 22.5 Å². The van der Waals surface area contributed by atoms with Crippen molar-refractivity contribution in [3.05, 3.63) is 70.8 Å². The molecule has 2 aromatic carbocycles. The summed E-state index contributed by atoms with van der Waals surface area (Å²) in [5.74, 6) is 2.45. The molecule has 0 aliphatic rings. The van der Waals surface area contributed by atoms with Crippen LogP contribution in [0.3, 0.4) is 0 Å². The summed E-state index contributed by atoms with van der Waals surface area (Å²) in [5.41, 5.74) is 3.09. The third-order valence-electron chi connectivity index (χ3n) is 3.99. The average Bonchev–Trinajstić information content (AvgIpc) is 3.27. The van der Waals surface area contributed by atoms with Crippen molar-refractivity contribution < 1.29 is 4.52 Å². The zero-order valence-electron chi connectivity index (χ0n) is 14.8. The van der Waals surface area contributed by atoms with Gasteiger partial charge in [0, 0.05) is 10.6 Å². The summed E-state index contributed by atoms with van der Waals surface area (Å²) < 4.78 is 7.25. The Kier molecular flexibility index (Phi) is 4.96. The molecule has 2 aromatic heterocycles. The van der Waals surface area contributed by atoms with Crippen LogP contribution in [0.15, 0.2) is 58.2 Å². The van der Waals surface area contributed by atoms with Crippen LogP contribution in [0.5, 0.6) is 0 Å². The number of aromatic nitrogens is 5. The molecule has 0 bridgehead atoms. The Bertz CT molecular complexity index is 1070. The third-order valence-corrected chi connectivity index (χ3v) is 5.15. The molecular formula is C19H16ClN5OS. The Morgan fingerprint density at radius 3 is 2.52 bits per heavy atom. The van der Waals surface area contributed by atoms with Gasteiger partial charge in [-0.25, -0.2) is 0 Å². The number of hydrogen-bond donors (Lipinski definition) is 0. The molecule has 0 saturated heterocycles. The van der Waals surface area contributed by atoms with Gasteiger partial charge >= 0.3 is 0 Å². The SMILES string of the molecule is Cc1noc(CSc2nnc(-c3ccc(Cl)cc3)n2-c2ccccc2C)n1. The number of aryl methyl sites for hydroxylation is 2. The normalized spacial score (nSPS) is 11.1. The van der Waals surface area contributed by atoms with Gasteiger partial charge in [0.1, 0.15) is 0 Å². The van der Waals surface area contributed by atoms with E-state index in [0.717, 1.165) is 27.8 Å². The van der Waals surface area contributed by atoms with Gasteiger partial charge in [0.15, 0.2) is 16.8 Å². The third kappa shape index (κ3) is 3.74. The van der Waals surface area contributed by atoms with Crippen molar-refractivity contribution in [3.8, 4) is 17.1 Å². The molecule has 136 valence electrons. The first kappa shape index (κ1) is 17.8. The molecule has 0 unspecified atom stereocenters. The smallest absolute Gasteiger partial charge is 0.237 e. The lowest BCUT2D eigenvalue weighted by molar-refractivity contribution is 0.387. The summed E-state index contributed by atoms with van der Waals surface area (Å²) in [7, 11) is 0. The van der Waals surface area contributed by atoms with E-state index in [4.69, 9.17) is 16.1 Å². The van der Waals surface area contributed by atoms with Crippen molar-refractivity contribution in [3.63, 3.8) is 0 Å². The molecule has 0 N–H and O–H groups in total. The van der Waals surface area contributed by atoms with Crippen molar-refractivity contribution >= 4 is 23.4 Å². The average molecular weight is 398 g/mol. The molecule has 0 spiro atoms. The van der Waals surface area contributed by atoms with Crippen LogP contribution in [0.2, 0.25) is 5.02 Å². The number of para-hydroxylation sites is 1. The summed E-state index contributed by atoms with van der Waals surface area (Å²) in [5, 5.41) is 14.1. The molecule has 6 nitrogen and oxygen atoms in total. The zero-order chi connectivity index (χ0) is 18.8. The molecule has 4 aromatic rings. The van der Waals surface area contributed by atoms with Crippen molar-refractivity contribution in [2.45, 2.75) is 24.8 Å². The van der Waals surface area contributed by atoms with Crippen molar-refractivity contribution in [2.75, 3.05) is 0 Å².